The molecule has 0 unspecified atom stereocenters. The Kier molecular flexibility index (Phi) is 2.76. The minimum Gasteiger partial charge on any atom is -0.505 e. The van der Waals surface area contributed by atoms with Crippen LogP contribution in [0.5, 0.6) is 5.75 Å². The van der Waals surface area contributed by atoms with E-state index in [-0.39, 0.29) is 3.57 Å². The van der Waals surface area contributed by atoms with E-state index >= 15 is 0 Å². The molecule has 0 saturated heterocycles. The van der Waals surface area contributed by atoms with Crippen molar-refractivity contribution in [3.05, 3.63) is 21.3 Å². The smallest absolute Gasteiger partial charge is 0.283 e. The van der Waals surface area contributed by atoms with Crippen molar-refractivity contribution in [2.45, 2.75) is 6.43 Å². The molecule has 0 aliphatic rings. The Morgan fingerprint density at radius 2 is 2.08 bits per heavy atom. The highest BCUT2D eigenvalue weighted by atomic mass is 127. The molecular weight excluding hydrogens is 286 g/mol. The van der Waals surface area contributed by atoms with Crippen LogP contribution in [-0.4, -0.2) is 10.1 Å². The van der Waals surface area contributed by atoms with Crippen LogP contribution in [0.2, 0.25) is 0 Å². The maximum Gasteiger partial charge on any atom is 0.283 e. The van der Waals surface area contributed by atoms with E-state index in [1.54, 1.807) is 0 Å². The van der Waals surface area contributed by atoms with Crippen molar-refractivity contribution in [3.8, 4) is 5.75 Å². The predicted molar refractivity (Wildman–Crippen MR) is 43.5 cm³/mol. The fraction of sp³-hybridized carbons (Fsp3) is 0.167. The van der Waals surface area contributed by atoms with Gasteiger partial charge < -0.3 is 5.11 Å². The summed E-state index contributed by atoms with van der Waals surface area (Å²) in [6, 6.07) is 0. The Morgan fingerprint density at radius 1 is 1.50 bits per heavy atom. The highest BCUT2D eigenvalue weighted by molar-refractivity contribution is 14.1. The molecule has 0 aliphatic heterocycles. The normalized spacial score (nSPS) is 10.8. The zero-order valence-corrected chi connectivity index (χ0v) is 7.72. The van der Waals surface area contributed by atoms with Crippen LogP contribution in [0.3, 0.4) is 0 Å². The number of alkyl halides is 2. The van der Waals surface area contributed by atoms with E-state index in [1.807, 2.05) is 0 Å². The van der Waals surface area contributed by atoms with Crippen LogP contribution in [0.4, 0.5) is 13.2 Å². The molecule has 0 amide bonds. The molecule has 1 heterocycles. The monoisotopic (exact) mass is 289 g/mol. The molecule has 1 N–H and O–H groups in total. The van der Waals surface area contributed by atoms with E-state index in [0.717, 1.165) is 6.20 Å². The highest BCUT2D eigenvalue weighted by Gasteiger charge is 2.19. The summed E-state index contributed by atoms with van der Waals surface area (Å²) < 4.78 is 36.5. The van der Waals surface area contributed by atoms with Gasteiger partial charge in [-0.3, -0.25) is 0 Å². The largest absolute Gasteiger partial charge is 0.505 e. The number of hydrogen-bond donors (Lipinski definition) is 1. The molecule has 0 aromatic carbocycles. The molecule has 0 aliphatic carbocycles. The van der Waals surface area contributed by atoms with Crippen molar-refractivity contribution in [2.75, 3.05) is 0 Å². The standard InChI is InChI=1S/C6H3F3INO/c7-3-4(10)2(12)1-11-5(3)6(8)9/h1,6,12H. The predicted octanol–water partition coefficient (Wildman–Crippen LogP) is 2.47. The highest BCUT2D eigenvalue weighted by Crippen LogP contribution is 2.27. The third-order valence-electron chi connectivity index (χ3n) is 1.18. The van der Waals surface area contributed by atoms with E-state index in [2.05, 4.69) is 4.98 Å². The summed E-state index contributed by atoms with van der Waals surface area (Å²) in [5, 5.41) is 8.85. The summed E-state index contributed by atoms with van der Waals surface area (Å²) >= 11 is 1.43. The Morgan fingerprint density at radius 3 is 2.58 bits per heavy atom. The van der Waals surface area contributed by atoms with Crippen LogP contribution in [-0.2, 0) is 0 Å². The van der Waals surface area contributed by atoms with E-state index in [9.17, 15) is 13.2 Å². The number of aromatic nitrogens is 1. The molecule has 1 aromatic rings. The van der Waals surface area contributed by atoms with Crippen LogP contribution >= 0.6 is 22.6 Å². The fourth-order valence-corrected chi connectivity index (χ4v) is 1.04. The van der Waals surface area contributed by atoms with Crippen molar-refractivity contribution in [3.63, 3.8) is 0 Å². The summed E-state index contributed by atoms with van der Waals surface area (Å²) in [4.78, 5) is 3.06. The van der Waals surface area contributed by atoms with Gasteiger partial charge in [-0.05, 0) is 22.6 Å². The summed E-state index contributed by atoms with van der Waals surface area (Å²) in [7, 11) is 0. The second kappa shape index (κ2) is 3.46. The SMILES string of the molecule is Oc1cnc(C(F)F)c(F)c1I. The van der Waals surface area contributed by atoms with E-state index < -0.39 is 23.7 Å². The quantitative estimate of drug-likeness (QED) is 0.806. The van der Waals surface area contributed by atoms with Gasteiger partial charge in [-0.15, -0.1) is 0 Å². The van der Waals surface area contributed by atoms with Gasteiger partial charge in [0.25, 0.3) is 6.43 Å². The van der Waals surface area contributed by atoms with Gasteiger partial charge >= 0.3 is 0 Å². The lowest BCUT2D eigenvalue weighted by Gasteiger charge is -2.03. The molecular formula is C6H3F3INO. The number of pyridine rings is 1. The summed E-state index contributed by atoms with van der Waals surface area (Å²) in [6.07, 6.45) is -2.16. The molecule has 0 atom stereocenters. The molecule has 0 radical (unpaired) electrons. The van der Waals surface area contributed by atoms with Crippen LogP contribution < -0.4 is 0 Å². The second-order valence-corrected chi connectivity index (χ2v) is 3.04. The molecule has 0 fully saturated rings. The van der Waals surface area contributed by atoms with Gasteiger partial charge in [0.05, 0.1) is 9.77 Å². The number of rotatable bonds is 1. The van der Waals surface area contributed by atoms with Gasteiger partial charge in [0.15, 0.2) is 5.82 Å². The second-order valence-electron chi connectivity index (χ2n) is 1.96. The first-order valence-electron chi connectivity index (χ1n) is 2.85. The first-order chi connectivity index (χ1) is 5.54. The third-order valence-corrected chi connectivity index (χ3v) is 2.20. The Hall–Kier alpha value is -0.530. The van der Waals surface area contributed by atoms with E-state index in [0.29, 0.717) is 0 Å². The lowest BCUT2D eigenvalue weighted by Crippen LogP contribution is -1.97. The average molecular weight is 289 g/mol. The maximum atomic E-state index is 12.8. The van der Waals surface area contributed by atoms with Crippen molar-refractivity contribution >= 4 is 22.6 Å². The molecule has 6 heteroatoms. The van der Waals surface area contributed by atoms with E-state index in [4.69, 9.17) is 5.11 Å². The minimum atomic E-state index is -2.96. The zero-order chi connectivity index (χ0) is 9.30. The van der Waals surface area contributed by atoms with Gasteiger partial charge in [0.1, 0.15) is 11.4 Å². The molecule has 66 valence electrons. The Balaban J connectivity index is 3.27. The molecule has 12 heavy (non-hydrogen) atoms. The van der Waals surface area contributed by atoms with Crippen LogP contribution in [0.25, 0.3) is 0 Å². The van der Waals surface area contributed by atoms with Crippen molar-refractivity contribution in [1.82, 2.24) is 4.98 Å². The van der Waals surface area contributed by atoms with Crippen molar-refractivity contribution in [2.24, 2.45) is 0 Å². The summed E-state index contributed by atoms with van der Waals surface area (Å²) in [5.41, 5.74) is -0.933. The van der Waals surface area contributed by atoms with Crippen molar-refractivity contribution < 1.29 is 18.3 Å². The van der Waals surface area contributed by atoms with Gasteiger partial charge in [0, 0.05) is 0 Å². The molecule has 0 bridgehead atoms. The number of nitrogens with zero attached hydrogens (tertiary/aromatic N) is 1. The third kappa shape index (κ3) is 1.62. The van der Waals surface area contributed by atoms with Crippen LogP contribution in [0.1, 0.15) is 12.1 Å². The first kappa shape index (κ1) is 9.56. The summed E-state index contributed by atoms with van der Waals surface area (Å²) in [6.45, 7) is 0. The number of halogens is 4. The topological polar surface area (TPSA) is 33.1 Å². The minimum absolute atomic E-state index is 0.238. The summed E-state index contributed by atoms with van der Waals surface area (Å²) in [5.74, 6) is -1.59. The molecule has 2 nitrogen and oxygen atoms in total. The van der Waals surface area contributed by atoms with Crippen LogP contribution in [0, 0.1) is 9.39 Å². The van der Waals surface area contributed by atoms with Gasteiger partial charge in [-0.25, -0.2) is 18.2 Å². The molecule has 0 spiro atoms. The maximum absolute atomic E-state index is 12.8. The average Bonchev–Trinajstić information content (AvgIpc) is 2.00. The van der Waals surface area contributed by atoms with Gasteiger partial charge in [0.2, 0.25) is 0 Å². The van der Waals surface area contributed by atoms with Gasteiger partial charge in [-0.1, -0.05) is 0 Å². The molecule has 1 aromatic heterocycles. The number of aromatic hydroxyl groups is 1. The van der Waals surface area contributed by atoms with Gasteiger partial charge in [-0.2, -0.15) is 0 Å². The zero-order valence-electron chi connectivity index (χ0n) is 5.56. The number of hydrogen-bond acceptors (Lipinski definition) is 2. The lowest BCUT2D eigenvalue weighted by molar-refractivity contribution is 0.140. The lowest BCUT2D eigenvalue weighted by atomic mass is 10.3. The molecule has 1 rings (SSSR count). The van der Waals surface area contributed by atoms with E-state index in [1.165, 1.54) is 22.6 Å². The van der Waals surface area contributed by atoms with Crippen molar-refractivity contribution in [1.29, 1.82) is 0 Å². The Labute approximate surface area is 79.6 Å². The molecule has 0 saturated carbocycles. The fourth-order valence-electron chi connectivity index (χ4n) is 0.621. The first-order valence-corrected chi connectivity index (χ1v) is 3.93. The van der Waals surface area contributed by atoms with Crippen LogP contribution in [0.15, 0.2) is 6.20 Å². The Bertz CT molecular complexity index is 305.